The molecule has 11 heteroatoms. The molecule has 54 heavy (non-hydrogen) atoms. The molecule has 6 rings (SSSR count). The lowest BCUT2D eigenvalue weighted by Crippen LogP contribution is -2.30. The van der Waals surface area contributed by atoms with E-state index in [0.29, 0.717) is 28.2 Å². The van der Waals surface area contributed by atoms with Gasteiger partial charge >= 0.3 is 0 Å². The highest BCUT2D eigenvalue weighted by molar-refractivity contribution is 8.00. The van der Waals surface area contributed by atoms with Gasteiger partial charge in [0.2, 0.25) is 5.91 Å². The van der Waals surface area contributed by atoms with Crippen molar-refractivity contribution >= 4 is 63.3 Å². The van der Waals surface area contributed by atoms with E-state index in [4.69, 9.17) is 0 Å². The molecule has 9 nitrogen and oxygen atoms in total. The van der Waals surface area contributed by atoms with E-state index in [-0.39, 0.29) is 11.6 Å². The first-order chi connectivity index (χ1) is 26.2. The molecule has 4 aromatic carbocycles. The van der Waals surface area contributed by atoms with Crippen LogP contribution in [0.5, 0.6) is 0 Å². The van der Waals surface area contributed by atoms with Crippen LogP contribution in [0.4, 0.5) is 16.4 Å². The van der Waals surface area contributed by atoms with Gasteiger partial charge in [-0.2, -0.15) is 5.26 Å². The van der Waals surface area contributed by atoms with Crippen molar-refractivity contribution in [1.29, 1.82) is 5.26 Å². The van der Waals surface area contributed by atoms with E-state index in [9.17, 15) is 19.6 Å². The molecule has 0 fully saturated rings. The normalized spacial score (nSPS) is 13.3. The van der Waals surface area contributed by atoms with E-state index in [1.165, 1.54) is 28.7 Å². The number of thiophene rings is 1. The van der Waals surface area contributed by atoms with Crippen molar-refractivity contribution < 1.29 is 14.4 Å². The second kappa shape index (κ2) is 17.9. The Morgan fingerprint density at radius 1 is 0.944 bits per heavy atom. The summed E-state index contributed by atoms with van der Waals surface area (Å²) in [6.45, 7) is 4.37. The standard InChI is InChI=1S/C43H42N6O3S2/c1-4-38(42(52)47-43-36(26-44)35-22-23-49(28-39(35)54-43)27-30-12-7-5-8-13-30)53-34-17-11-16-32(25-34)45-41(51)37(46-40(50)31-14-9-6-10-15-31)24-29-18-20-33(21-19-29)48(2)3/h5-21,24-25,38H,4,22-23,27-28H2,1-3H3,(H,45,51)(H,46,50)(H,47,52)/b37-24+. The maximum absolute atomic E-state index is 13.7. The number of carbonyl (C=O) groups excluding carboxylic acids is 3. The van der Waals surface area contributed by atoms with Gasteiger partial charge in [0.05, 0.1) is 10.8 Å². The smallest absolute Gasteiger partial charge is 0.272 e. The van der Waals surface area contributed by atoms with Gasteiger partial charge in [-0.15, -0.1) is 23.1 Å². The quantitative estimate of drug-likeness (QED) is 0.0821. The number of nitrogens with zero attached hydrogens (tertiary/aromatic N) is 3. The summed E-state index contributed by atoms with van der Waals surface area (Å²) in [5.74, 6) is -1.07. The number of thioether (sulfide) groups is 1. The molecule has 1 aliphatic rings. The van der Waals surface area contributed by atoms with Gasteiger partial charge in [-0.25, -0.2) is 0 Å². The van der Waals surface area contributed by atoms with Crippen LogP contribution in [0.1, 0.15) is 50.8 Å². The molecule has 0 spiro atoms. The molecule has 0 aliphatic carbocycles. The number of hydrogen-bond acceptors (Lipinski definition) is 8. The van der Waals surface area contributed by atoms with E-state index < -0.39 is 17.1 Å². The Bertz CT molecular complexity index is 2180. The molecule has 5 aromatic rings. The second-order valence-corrected chi connectivity index (χ2v) is 15.5. The zero-order valence-electron chi connectivity index (χ0n) is 30.5. The molecule has 0 bridgehead atoms. The van der Waals surface area contributed by atoms with Crippen LogP contribution in [0.25, 0.3) is 6.08 Å². The van der Waals surface area contributed by atoms with Crippen LogP contribution in [0.3, 0.4) is 0 Å². The highest BCUT2D eigenvalue weighted by Crippen LogP contribution is 2.38. The molecule has 1 aromatic heterocycles. The van der Waals surface area contributed by atoms with Crippen molar-refractivity contribution in [3.05, 3.63) is 148 Å². The first-order valence-corrected chi connectivity index (χ1v) is 19.5. The van der Waals surface area contributed by atoms with Gasteiger partial charge in [-0.05, 0) is 78.1 Å². The summed E-state index contributed by atoms with van der Waals surface area (Å²) in [7, 11) is 3.90. The number of carbonyl (C=O) groups is 3. The number of rotatable bonds is 13. The van der Waals surface area contributed by atoms with Gasteiger partial charge < -0.3 is 20.9 Å². The fourth-order valence-electron chi connectivity index (χ4n) is 6.14. The number of fused-ring (bicyclic) bond motifs is 1. The minimum Gasteiger partial charge on any atom is -0.378 e. The summed E-state index contributed by atoms with van der Waals surface area (Å²) in [6.07, 6.45) is 2.96. The lowest BCUT2D eigenvalue weighted by Gasteiger charge is -2.26. The van der Waals surface area contributed by atoms with Gasteiger partial charge in [0, 0.05) is 60.4 Å². The molecular formula is C43H42N6O3S2. The molecule has 0 radical (unpaired) electrons. The largest absolute Gasteiger partial charge is 0.378 e. The van der Waals surface area contributed by atoms with Crippen molar-refractivity contribution in [2.45, 2.75) is 43.0 Å². The highest BCUT2D eigenvalue weighted by atomic mass is 32.2. The zero-order chi connectivity index (χ0) is 38.0. The third-order valence-electron chi connectivity index (χ3n) is 9.02. The summed E-state index contributed by atoms with van der Waals surface area (Å²) in [6, 6.07) is 36.4. The van der Waals surface area contributed by atoms with Crippen molar-refractivity contribution in [2.24, 2.45) is 0 Å². The molecular weight excluding hydrogens is 713 g/mol. The molecule has 0 saturated heterocycles. The fourth-order valence-corrected chi connectivity index (χ4v) is 8.40. The molecule has 3 amide bonds. The summed E-state index contributed by atoms with van der Waals surface area (Å²) in [5, 5.41) is 19.0. The maximum atomic E-state index is 13.7. The molecule has 274 valence electrons. The number of nitrogens with one attached hydrogen (secondary N) is 3. The predicted octanol–water partition coefficient (Wildman–Crippen LogP) is 8.16. The molecule has 1 unspecified atom stereocenters. The number of nitriles is 1. The van der Waals surface area contributed by atoms with E-state index in [2.05, 4.69) is 39.1 Å². The predicted molar refractivity (Wildman–Crippen MR) is 220 cm³/mol. The third kappa shape index (κ3) is 9.65. The van der Waals surface area contributed by atoms with E-state index >= 15 is 0 Å². The topological polar surface area (TPSA) is 118 Å². The maximum Gasteiger partial charge on any atom is 0.272 e. The molecule has 1 aliphatic heterocycles. The van der Waals surface area contributed by atoms with Gasteiger partial charge in [-0.1, -0.05) is 73.7 Å². The van der Waals surface area contributed by atoms with E-state index in [0.717, 1.165) is 52.6 Å². The minimum atomic E-state index is -0.490. The lowest BCUT2D eigenvalue weighted by atomic mass is 10.0. The Kier molecular flexibility index (Phi) is 12.6. The molecule has 0 saturated carbocycles. The van der Waals surface area contributed by atoms with Crippen LogP contribution in [0.15, 0.2) is 120 Å². The van der Waals surface area contributed by atoms with Gasteiger partial charge in [0.25, 0.3) is 11.8 Å². The third-order valence-corrected chi connectivity index (χ3v) is 11.5. The van der Waals surface area contributed by atoms with Gasteiger partial charge in [-0.3, -0.25) is 19.3 Å². The average Bonchev–Trinajstić information content (AvgIpc) is 3.53. The van der Waals surface area contributed by atoms with Crippen LogP contribution in [-0.4, -0.2) is 48.5 Å². The van der Waals surface area contributed by atoms with Crippen LogP contribution >= 0.6 is 23.1 Å². The molecule has 3 N–H and O–H groups in total. The van der Waals surface area contributed by atoms with E-state index in [1.54, 1.807) is 36.4 Å². The van der Waals surface area contributed by atoms with E-state index in [1.807, 2.05) is 92.6 Å². The summed E-state index contributed by atoms with van der Waals surface area (Å²) in [5.41, 5.74) is 5.61. The summed E-state index contributed by atoms with van der Waals surface area (Å²) < 4.78 is 0. The number of benzene rings is 4. The molecule has 1 atom stereocenters. The fraction of sp³-hybridized carbons (Fsp3) is 0.209. The Labute approximate surface area is 324 Å². The first-order valence-electron chi connectivity index (χ1n) is 17.8. The Morgan fingerprint density at radius 3 is 2.35 bits per heavy atom. The van der Waals surface area contributed by atoms with Gasteiger partial charge in [0.15, 0.2) is 0 Å². The Morgan fingerprint density at radius 2 is 1.67 bits per heavy atom. The Balaban J connectivity index is 1.14. The summed E-state index contributed by atoms with van der Waals surface area (Å²) >= 11 is 2.88. The monoisotopic (exact) mass is 754 g/mol. The van der Waals surface area contributed by atoms with Crippen LogP contribution in [-0.2, 0) is 29.1 Å². The second-order valence-electron chi connectivity index (χ2n) is 13.1. The zero-order valence-corrected chi connectivity index (χ0v) is 32.1. The van der Waals surface area contributed by atoms with Crippen LogP contribution in [0, 0.1) is 11.3 Å². The first kappa shape index (κ1) is 38.1. The van der Waals surface area contributed by atoms with Crippen molar-refractivity contribution in [3.63, 3.8) is 0 Å². The Hall–Kier alpha value is -5.67. The number of anilines is 3. The van der Waals surface area contributed by atoms with Gasteiger partial charge in [0.1, 0.15) is 16.8 Å². The SMILES string of the molecule is CCC(Sc1cccc(NC(=O)/C(=C\c2ccc(N(C)C)cc2)NC(=O)c2ccccc2)c1)C(=O)Nc1sc2c(c1C#N)CCN(Cc1ccccc1)C2. The minimum absolute atomic E-state index is 0.0838. The average molecular weight is 755 g/mol. The van der Waals surface area contributed by atoms with Crippen molar-refractivity contribution in [3.8, 4) is 6.07 Å². The number of hydrogen-bond donors (Lipinski definition) is 3. The molecule has 2 heterocycles. The van der Waals surface area contributed by atoms with Crippen molar-refractivity contribution in [1.82, 2.24) is 10.2 Å². The van der Waals surface area contributed by atoms with Crippen LogP contribution < -0.4 is 20.9 Å². The highest BCUT2D eigenvalue weighted by Gasteiger charge is 2.27. The lowest BCUT2D eigenvalue weighted by molar-refractivity contribution is -0.116. The van der Waals surface area contributed by atoms with Crippen molar-refractivity contribution in [2.75, 3.05) is 36.2 Å². The van der Waals surface area contributed by atoms with Crippen LogP contribution in [0.2, 0.25) is 0 Å². The summed E-state index contributed by atoms with van der Waals surface area (Å²) in [4.78, 5) is 46.8. The number of amides is 3.